The summed E-state index contributed by atoms with van der Waals surface area (Å²) in [5, 5.41) is 46.9. The highest BCUT2D eigenvalue weighted by molar-refractivity contribution is 5.14. The average Bonchev–Trinajstić information content (AvgIpc) is 3.72. The minimum absolute atomic E-state index is 0.132. The number of allylic oxidation sites excluding steroid dienone is 2. The van der Waals surface area contributed by atoms with Gasteiger partial charge in [-0.15, -0.1) is 33.1 Å². The number of rotatable bonds is 20. The lowest BCUT2D eigenvalue weighted by Gasteiger charge is -2.01. The van der Waals surface area contributed by atoms with Crippen LogP contribution in [0.5, 0.6) is 0 Å². The fourth-order valence-corrected chi connectivity index (χ4v) is 4.20. The van der Waals surface area contributed by atoms with E-state index in [0.29, 0.717) is 12.8 Å². The highest BCUT2D eigenvalue weighted by Crippen LogP contribution is 2.25. The van der Waals surface area contributed by atoms with Crippen LogP contribution in [0.25, 0.3) is 0 Å². The minimum atomic E-state index is -0.807. The van der Waals surface area contributed by atoms with Crippen LogP contribution in [0.4, 0.5) is 0 Å². The second-order valence-electron chi connectivity index (χ2n) is 10.5. The van der Waals surface area contributed by atoms with Crippen molar-refractivity contribution >= 4 is 0 Å². The molecule has 13 nitrogen and oxygen atoms in total. The van der Waals surface area contributed by atoms with Crippen LogP contribution >= 0.6 is 0 Å². The van der Waals surface area contributed by atoms with Gasteiger partial charge in [-0.25, -0.2) is 0 Å². The molecule has 0 unspecified atom stereocenters. The second-order valence-corrected chi connectivity index (χ2v) is 10.5. The first kappa shape index (κ1) is 63.7. The number of hydrogen-bond acceptors (Lipinski definition) is 11. The number of hydrogen-bond donors (Lipinski definition) is 5. The maximum absolute atomic E-state index is 9.62. The quantitative estimate of drug-likeness (QED) is 0.0282. The SMILES string of the molecule is C#C.C(=C\C1CCCC1)/CCCc1ccccc1.CCCCCC.CCCCCCO[N+](=O)[O-].CN.CO.CO.CO.O=[N+]([O-])OCCCCCO. The van der Waals surface area contributed by atoms with E-state index in [4.69, 9.17) is 20.4 Å². The Bertz CT molecular complexity index is 752. The highest BCUT2D eigenvalue weighted by Gasteiger charge is 2.10. The van der Waals surface area contributed by atoms with Gasteiger partial charge < -0.3 is 35.8 Å². The lowest BCUT2D eigenvalue weighted by atomic mass is 10.1. The van der Waals surface area contributed by atoms with Crippen LogP contribution in [0.1, 0.15) is 135 Å². The van der Waals surface area contributed by atoms with Crippen molar-refractivity contribution in [3.63, 3.8) is 0 Å². The molecule has 0 aliphatic heterocycles. The van der Waals surface area contributed by atoms with Gasteiger partial charge >= 0.3 is 0 Å². The first-order valence-corrected chi connectivity index (χ1v) is 18.5. The molecule has 1 saturated carbocycles. The number of unbranched alkanes of at least 4 members (excludes halogenated alkanes) is 9. The van der Waals surface area contributed by atoms with Gasteiger partial charge in [0.1, 0.15) is 0 Å². The Hall–Kier alpha value is -3.28. The van der Waals surface area contributed by atoms with Crippen LogP contribution in [-0.4, -0.2) is 78.8 Å². The minimum Gasteiger partial charge on any atom is -0.400 e. The summed E-state index contributed by atoms with van der Waals surface area (Å²) in [7, 11) is 4.50. The molecule has 0 radical (unpaired) electrons. The predicted molar refractivity (Wildman–Crippen MR) is 216 cm³/mol. The summed E-state index contributed by atoms with van der Waals surface area (Å²) in [6, 6.07) is 10.8. The van der Waals surface area contributed by atoms with Crippen LogP contribution in [-0.2, 0) is 16.1 Å². The Balaban J connectivity index is -0.0000000999. The Morgan fingerprint density at radius 3 is 1.50 bits per heavy atom. The van der Waals surface area contributed by atoms with Crippen LogP contribution in [0.2, 0.25) is 0 Å². The van der Waals surface area contributed by atoms with E-state index in [2.05, 4.69) is 91.5 Å². The molecular formula is C39H79N3O10. The molecule has 1 aromatic rings. The van der Waals surface area contributed by atoms with Crippen molar-refractivity contribution in [3.05, 3.63) is 68.3 Å². The smallest absolute Gasteiger partial charge is 0.294 e. The Morgan fingerprint density at radius 1 is 0.712 bits per heavy atom. The molecule has 0 aromatic heterocycles. The molecule has 0 atom stereocenters. The van der Waals surface area contributed by atoms with Crippen molar-refractivity contribution in [1.29, 1.82) is 0 Å². The topological polar surface area (TPSA) is 212 Å². The third-order valence-electron chi connectivity index (χ3n) is 6.64. The van der Waals surface area contributed by atoms with Gasteiger partial charge in [-0.2, -0.15) is 0 Å². The zero-order chi connectivity index (χ0) is 41.5. The fraction of sp³-hybridized carbons (Fsp3) is 0.744. The molecule has 6 N–H and O–H groups in total. The molecule has 1 aliphatic rings. The molecule has 0 spiro atoms. The Morgan fingerprint density at radius 2 is 1.12 bits per heavy atom. The van der Waals surface area contributed by atoms with Crippen LogP contribution < -0.4 is 5.73 Å². The van der Waals surface area contributed by atoms with Crippen molar-refractivity contribution in [2.24, 2.45) is 11.7 Å². The molecule has 0 heterocycles. The molecule has 310 valence electrons. The number of nitrogens with zero attached hydrogens (tertiary/aromatic N) is 2. The molecule has 1 aliphatic carbocycles. The van der Waals surface area contributed by atoms with Crippen molar-refractivity contribution in [2.75, 3.05) is 48.2 Å². The standard InChI is InChI=1S/C16H22.C6H13NO3.C6H14.C5H11NO4.C2H2.CH5N.3CH4O/c1-3-9-15(10-4-1)11-5-2-6-12-16-13-7-8-14-16;1-2-3-4-5-6-10-7(8)9;1-3-5-6-4-2;7-4-2-1-3-5-10-6(8)9;5*1-2/h1,3-4,6,9-10,12,16H,2,5,7-8,11,13-14H2;2-6H2,1H3;3-6H2,1-2H3;7H,1-5H2;1-2H;2H2,1H3;3*2H,1H3/b12-6+;;;;;;;;. The van der Waals surface area contributed by atoms with Gasteiger partial charge in [0, 0.05) is 27.9 Å². The first-order chi connectivity index (χ1) is 25.4. The largest absolute Gasteiger partial charge is 0.400 e. The second kappa shape index (κ2) is 69.5. The van der Waals surface area contributed by atoms with E-state index in [1.165, 1.54) is 83.2 Å². The van der Waals surface area contributed by atoms with Crippen molar-refractivity contribution in [1.82, 2.24) is 0 Å². The molecule has 0 bridgehead atoms. The van der Waals surface area contributed by atoms with Gasteiger partial charge in [-0.3, -0.25) is 0 Å². The van der Waals surface area contributed by atoms with Crippen molar-refractivity contribution in [2.45, 2.75) is 136 Å². The number of aliphatic hydroxyl groups excluding tert-OH is 4. The van der Waals surface area contributed by atoms with Gasteiger partial charge in [-0.05, 0) is 76.3 Å². The lowest BCUT2D eigenvalue weighted by Crippen LogP contribution is -2.01. The molecule has 1 fully saturated rings. The fourth-order valence-electron chi connectivity index (χ4n) is 4.20. The van der Waals surface area contributed by atoms with E-state index in [1.54, 1.807) is 0 Å². The summed E-state index contributed by atoms with van der Waals surface area (Å²) in [6.45, 7) is 7.07. The summed E-state index contributed by atoms with van der Waals surface area (Å²) < 4.78 is 0. The van der Waals surface area contributed by atoms with Crippen LogP contribution in [0.15, 0.2) is 42.5 Å². The number of aliphatic hydroxyl groups is 4. The number of nitrogens with two attached hydrogens (primary N) is 1. The molecule has 52 heavy (non-hydrogen) atoms. The molecule has 0 saturated heterocycles. The summed E-state index contributed by atoms with van der Waals surface area (Å²) >= 11 is 0. The number of terminal acetylenes is 1. The number of benzene rings is 1. The van der Waals surface area contributed by atoms with E-state index in [9.17, 15) is 20.2 Å². The van der Waals surface area contributed by atoms with Crippen LogP contribution in [0.3, 0.4) is 0 Å². The van der Waals surface area contributed by atoms with E-state index >= 15 is 0 Å². The summed E-state index contributed by atoms with van der Waals surface area (Å²) in [5.41, 5.74) is 5.97. The summed E-state index contributed by atoms with van der Waals surface area (Å²) in [6.07, 6.45) is 34.0. The van der Waals surface area contributed by atoms with Gasteiger partial charge in [0.2, 0.25) is 0 Å². The van der Waals surface area contributed by atoms with E-state index in [-0.39, 0.29) is 19.8 Å². The van der Waals surface area contributed by atoms with Gasteiger partial charge in [-0.1, -0.05) is 121 Å². The summed E-state index contributed by atoms with van der Waals surface area (Å²) in [4.78, 5) is 27.3. The van der Waals surface area contributed by atoms with Gasteiger partial charge in [0.15, 0.2) is 0 Å². The predicted octanol–water partition coefficient (Wildman–Crippen LogP) is 8.12. The first-order valence-electron chi connectivity index (χ1n) is 18.5. The molecule has 2 rings (SSSR count). The maximum atomic E-state index is 9.62. The lowest BCUT2D eigenvalue weighted by molar-refractivity contribution is -0.757. The van der Waals surface area contributed by atoms with E-state index < -0.39 is 10.2 Å². The third-order valence-corrected chi connectivity index (χ3v) is 6.64. The summed E-state index contributed by atoms with van der Waals surface area (Å²) in [5.74, 6) is 0.900. The molecule has 0 amide bonds. The van der Waals surface area contributed by atoms with Crippen molar-refractivity contribution < 1.29 is 40.3 Å². The van der Waals surface area contributed by atoms with E-state index in [0.717, 1.165) is 59.4 Å². The van der Waals surface area contributed by atoms with E-state index in [1.807, 2.05) is 0 Å². The third kappa shape index (κ3) is 72.4. The van der Waals surface area contributed by atoms with Crippen molar-refractivity contribution in [3.8, 4) is 12.8 Å². The van der Waals surface area contributed by atoms with Gasteiger partial charge in [0.25, 0.3) is 10.2 Å². The zero-order valence-corrected chi connectivity index (χ0v) is 33.8. The zero-order valence-electron chi connectivity index (χ0n) is 33.8. The monoisotopic (exact) mass is 750 g/mol. The number of aryl methyl sites for hydroxylation is 1. The molecule has 13 heteroatoms. The Labute approximate surface area is 317 Å². The van der Waals surface area contributed by atoms with Gasteiger partial charge in [0.05, 0.1) is 13.2 Å². The highest BCUT2D eigenvalue weighted by atomic mass is 17.0. The molecular weight excluding hydrogens is 670 g/mol. The average molecular weight is 750 g/mol. The normalized spacial score (nSPS) is 10.4. The maximum Gasteiger partial charge on any atom is 0.294 e. The molecule has 1 aromatic carbocycles. The van der Waals surface area contributed by atoms with Crippen LogP contribution in [0, 0.1) is 39.0 Å². The Kier molecular flexibility index (Phi) is 85.2.